The smallest absolute Gasteiger partial charge is 0.410 e. The highest BCUT2D eigenvalue weighted by Crippen LogP contribution is 2.42. The van der Waals surface area contributed by atoms with E-state index in [1.807, 2.05) is 83.7 Å². The van der Waals surface area contributed by atoms with Crippen LogP contribution in [0.4, 0.5) is 49.4 Å². The molecular weight excluding hydrogens is 1730 g/mol. The molecule has 2 N–H and O–H groups in total. The number of hydrogen-bond acceptors (Lipinski definition) is 31. The van der Waals surface area contributed by atoms with E-state index in [0.717, 1.165) is 109 Å². The van der Waals surface area contributed by atoms with Crippen LogP contribution in [0.1, 0.15) is 82.2 Å². The summed E-state index contributed by atoms with van der Waals surface area (Å²) in [4.78, 5) is 91.7. The largest absolute Gasteiger partial charge is 0.488 e. The molecule has 2 fully saturated rings. The second kappa shape index (κ2) is 42.6. The van der Waals surface area contributed by atoms with Crippen LogP contribution in [-0.2, 0) is 35.0 Å². The number of aryl methyl sites for hydroxylation is 4. The van der Waals surface area contributed by atoms with E-state index >= 15 is 0 Å². The van der Waals surface area contributed by atoms with Crippen LogP contribution in [0.2, 0.25) is 15.5 Å². The minimum absolute atomic E-state index is 0.0739. The van der Waals surface area contributed by atoms with Crippen LogP contribution in [0.25, 0.3) is 0 Å². The number of aromatic nitrogens is 9. The molecule has 2 atom stereocenters. The van der Waals surface area contributed by atoms with E-state index in [1.54, 1.807) is 128 Å². The summed E-state index contributed by atoms with van der Waals surface area (Å²) in [5, 5.41) is 4.48. The summed E-state index contributed by atoms with van der Waals surface area (Å²) in [6.45, 7) is 26.0. The number of pyridine rings is 9. The van der Waals surface area contributed by atoms with Crippen molar-refractivity contribution >= 4 is 119 Å². The van der Waals surface area contributed by atoms with E-state index in [-0.39, 0.29) is 36.7 Å². The van der Waals surface area contributed by atoms with Crippen LogP contribution in [0.3, 0.4) is 0 Å². The molecule has 7 aliphatic rings. The van der Waals surface area contributed by atoms with Gasteiger partial charge in [0, 0.05) is 101 Å². The normalized spacial score (nSPS) is 15.8. The number of amides is 2. The Morgan fingerprint density at radius 1 is 0.500 bits per heavy atom. The monoisotopic (exact) mass is 1830 g/mol. The van der Waals surface area contributed by atoms with Gasteiger partial charge in [-0.1, -0.05) is 34.8 Å². The van der Waals surface area contributed by atoms with Gasteiger partial charge in [-0.05, 0) is 122 Å². The van der Waals surface area contributed by atoms with Gasteiger partial charge in [-0.25, -0.2) is 49.5 Å². The van der Waals surface area contributed by atoms with Crippen molar-refractivity contribution in [2.75, 3.05) is 140 Å². The van der Waals surface area contributed by atoms with Crippen LogP contribution in [0.15, 0.2) is 120 Å². The number of likely N-dealkylation sites (tertiary alicyclic amines) is 2. The number of halogens is 4. The molecule has 34 nitrogen and oxygen atoms in total. The molecule has 654 valence electrons. The highest BCUT2D eigenvalue weighted by molar-refractivity contribution is 9.10. The second-order valence-electron chi connectivity index (χ2n) is 30.0. The number of carbonyl (C=O) groups is 3. The number of H-pyrrole nitrogens is 1. The number of carbonyl (C=O) groups excluding carboxylic acids is 3. The molecule has 0 radical (unpaired) electrons. The van der Waals surface area contributed by atoms with Crippen LogP contribution >= 0.6 is 50.7 Å². The van der Waals surface area contributed by atoms with Crippen LogP contribution in [0.5, 0.6) is 58.1 Å². The SMILES string of the molecule is CC(C)(C)OC(=O)N1CC[C@@H](OS(C)(=O)=O)C1.COc1ncc(Br)cc1C.COc1ncc(N2CCOc3c[nH]c(=O)cc32)cc1C.COc1ncc(N2CCOc3cnc(Cl)cc32)cc1C.COc1ncc(N2CCOc3cnc(O[C@H]4CCN(C(=O)OC(C)(C)C)C4)cc32)cc1C.Clc1cc2c(cn1)OCCN2.O=C1COc2cnc(Cl)cc2C1. The van der Waals surface area contributed by atoms with E-state index in [2.05, 4.69) is 75.9 Å². The average Bonchev–Trinajstić information content (AvgIpc) is 1.10. The number of Topliss-reactive ketones (excluding diaryl/α,β-unsaturated/α-hetero) is 1. The number of fused-ring (bicyclic) bond motifs is 5. The molecule has 9 aromatic heterocycles. The van der Waals surface area contributed by atoms with Gasteiger partial charge in [0.2, 0.25) is 35.0 Å². The first kappa shape index (κ1) is 93.1. The maximum Gasteiger partial charge on any atom is 0.410 e. The Kier molecular flexibility index (Phi) is 32.5. The van der Waals surface area contributed by atoms with Crippen molar-refractivity contribution in [2.24, 2.45) is 0 Å². The summed E-state index contributed by atoms with van der Waals surface area (Å²) >= 11 is 20.6. The number of ketones is 1. The van der Waals surface area contributed by atoms with Gasteiger partial charge in [-0.15, -0.1) is 0 Å². The molecular formula is C83H99BrCl3N15O19S. The zero-order chi connectivity index (χ0) is 88.2. The quantitative estimate of drug-likeness (QED) is 0.0897. The number of hydrogen-bond donors (Lipinski definition) is 2. The lowest BCUT2D eigenvalue weighted by Crippen LogP contribution is -2.36. The predicted molar refractivity (Wildman–Crippen MR) is 464 cm³/mol. The number of anilines is 7. The lowest BCUT2D eigenvalue weighted by Gasteiger charge is -2.31. The molecule has 0 aliphatic carbocycles. The third-order valence-corrected chi connectivity index (χ3v) is 19.9. The summed E-state index contributed by atoms with van der Waals surface area (Å²) in [5.41, 5.74) is 9.83. The zero-order valence-corrected chi connectivity index (χ0v) is 75.0. The van der Waals surface area contributed by atoms with E-state index in [4.69, 9.17) is 95.8 Å². The van der Waals surface area contributed by atoms with Gasteiger partial charge in [0.15, 0.2) is 28.8 Å². The summed E-state index contributed by atoms with van der Waals surface area (Å²) < 4.78 is 92.4. The van der Waals surface area contributed by atoms with Crippen molar-refractivity contribution < 1.29 is 83.8 Å². The van der Waals surface area contributed by atoms with Gasteiger partial charge in [-0.2, -0.15) is 8.42 Å². The van der Waals surface area contributed by atoms with Gasteiger partial charge < -0.3 is 91.6 Å². The number of nitrogens with one attached hydrogen (secondary N) is 2. The molecule has 0 saturated carbocycles. The van der Waals surface area contributed by atoms with Crippen LogP contribution in [0, 0.1) is 27.7 Å². The fourth-order valence-corrected chi connectivity index (χ4v) is 14.5. The number of methoxy groups -OCH3 is 4. The van der Waals surface area contributed by atoms with E-state index < -0.39 is 33.5 Å². The maximum atomic E-state index is 12.3. The highest BCUT2D eigenvalue weighted by atomic mass is 79.9. The molecule has 2 amide bonds. The molecule has 0 spiro atoms. The third kappa shape index (κ3) is 26.9. The van der Waals surface area contributed by atoms with Crippen molar-refractivity contribution in [3.63, 3.8) is 0 Å². The fourth-order valence-electron chi connectivity index (χ4n) is 12.9. The topological polar surface area (TPSA) is 370 Å². The molecule has 9 aromatic rings. The van der Waals surface area contributed by atoms with Crippen molar-refractivity contribution in [3.8, 4) is 58.1 Å². The van der Waals surface area contributed by atoms with Crippen molar-refractivity contribution in [2.45, 2.75) is 112 Å². The summed E-state index contributed by atoms with van der Waals surface area (Å²) in [7, 11) is 2.97. The van der Waals surface area contributed by atoms with Crippen molar-refractivity contribution in [1.29, 1.82) is 0 Å². The van der Waals surface area contributed by atoms with Crippen molar-refractivity contribution in [3.05, 3.63) is 168 Å². The van der Waals surface area contributed by atoms with Crippen molar-refractivity contribution in [1.82, 2.24) is 54.7 Å². The molecule has 16 heterocycles. The molecule has 0 aromatic carbocycles. The van der Waals surface area contributed by atoms with E-state index in [9.17, 15) is 27.6 Å². The molecule has 16 rings (SSSR count). The summed E-state index contributed by atoms with van der Waals surface area (Å²) in [5.74, 6) is 6.64. The molecule has 122 heavy (non-hydrogen) atoms. The number of nitrogens with zero attached hydrogens (tertiary/aromatic N) is 13. The minimum atomic E-state index is -3.47. The molecule has 0 unspecified atom stereocenters. The number of rotatable bonds is 11. The highest BCUT2D eigenvalue weighted by Gasteiger charge is 2.35. The maximum absolute atomic E-state index is 12.3. The first-order chi connectivity index (χ1) is 58.0. The van der Waals surface area contributed by atoms with Gasteiger partial charge in [0.1, 0.15) is 71.5 Å². The Labute approximate surface area is 731 Å². The third-order valence-electron chi connectivity index (χ3n) is 18.2. The van der Waals surface area contributed by atoms with Crippen LogP contribution < -0.4 is 72.9 Å². The zero-order valence-electron chi connectivity index (χ0n) is 70.4. The Morgan fingerprint density at radius 3 is 1.43 bits per heavy atom. The Balaban J connectivity index is 0.000000155. The fraction of sp³-hybridized carbons (Fsp3) is 0.422. The number of aromatic amines is 1. The first-order valence-corrected chi connectivity index (χ1v) is 42.4. The summed E-state index contributed by atoms with van der Waals surface area (Å²) in [6.07, 6.45) is 16.4. The standard InChI is InChI=1S/C23H30N4O5.C14H14ClN3O2.C14H15N3O3.C10H19NO5S.C8H6ClNO2.C7H8BrNO.C7H7ClN2O/c1-15-10-16(12-25-21(15)29-5)27-8-9-30-19-13-24-20(11-18(19)27)31-17-6-7-26(14-17)22(28)32-23(2,3)4;1-9-5-10(7-17-14(9)19-2)18-3-4-20-12-8-16-13(15)6-11(12)18;1-9-5-10(7-16-14(9)19-2)17-3-4-20-12-8-15-13(18)6-11(12)17;1-10(2,3)15-9(12)11-6-5-8(7-11)16-17(4,13)14;9-8-2-5-1-6(11)4-12-7(5)3-10-8;1-5-3-6(8)4-9-7(5)10-2;8-7-3-5-6(4-10-7)11-2-1-9-5/h10-13,17H,6-9,14H2,1-5H3;5-8H,3-4H2,1-2H3;5-8H,3-4H2,1-2H3,(H,15,18);8H,5-7H2,1-4H3;2-3H,1,4H2;3-4H,1-2H3;3-4,9H,1-2H2/t17-;;;8-;;;/m0..1.../s1. The second-order valence-corrected chi connectivity index (χ2v) is 33.7. The minimum Gasteiger partial charge on any atom is -0.488 e. The van der Waals surface area contributed by atoms with Gasteiger partial charge in [-0.3, -0.25) is 13.8 Å². The Morgan fingerprint density at radius 2 is 0.934 bits per heavy atom. The average molecular weight is 1830 g/mol. The van der Waals surface area contributed by atoms with Gasteiger partial charge >= 0.3 is 12.2 Å². The lowest BCUT2D eigenvalue weighted by molar-refractivity contribution is -0.121. The van der Waals surface area contributed by atoms with Gasteiger partial charge in [0.25, 0.3) is 10.1 Å². The first-order valence-electron chi connectivity index (χ1n) is 38.6. The summed E-state index contributed by atoms with van der Waals surface area (Å²) in [6, 6.07) is 16.7. The Hall–Kier alpha value is -11.2. The number of ether oxygens (including phenoxy) is 12. The van der Waals surface area contributed by atoms with Gasteiger partial charge in [0.05, 0.1) is 157 Å². The van der Waals surface area contributed by atoms with E-state index in [1.165, 1.54) is 11.0 Å². The molecule has 7 aliphatic heterocycles. The molecule has 2 saturated heterocycles. The predicted octanol–water partition coefficient (Wildman–Crippen LogP) is 14.2. The molecule has 39 heteroatoms. The van der Waals surface area contributed by atoms with Crippen LogP contribution in [-0.4, -0.2) is 225 Å². The molecule has 0 bridgehead atoms. The Bertz CT molecular complexity index is 5330. The van der Waals surface area contributed by atoms with E-state index in [0.29, 0.717) is 134 Å². The lowest BCUT2D eigenvalue weighted by atomic mass is 10.1.